The normalized spacial score (nSPS) is 14.3. The van der Waals surface area contributed by atoms with Crippen molar-refractivity contribution in [3.05, 3.63) is 35.4 Å². The Morgan fingerprint density at radius 3 is 2.20 bits per heavy atom. The standard InChI is InChI=1S/C14H23N/c1-10(2)13(15)11-7-6-8-12(9-11)14(3,4)5/h6-10,13H,15H2,1-5H3. The highest BCUT2D eigenvalue weighted by molar-refractivity contribution is 5.30. The first-order valence-corrected chi connectivity index (χ1v) is 5.68. The van der Waals surface area contributed by atoms with Crippen LogP contribution in [0.5, 0.6) is 0 Å². The lowest BCUT2D eigenvalue weighted by atomic mass is 9.84. The topological polar surface area (TPSA) is 26.0 Å². The minimum absolute atomic E-state index is 0.146. The van der Waals surface area contributed by atoms with Gasteiger partial charge in [0.1, 0.15) is 0 Å². The van der Waals surface area contributed by atoms with Crippen LogP contribution in [-0.4, -0.2) is 0 Å². The van der Waals surface area contributed by atoms with E-state index in [2.05, 4.69) is 58.9 Å². The summed E-state index contributed by atoms with van der Waals surface area (Å²) < 4.78 is 0. The zero-order valence-corrected chi connectivity index (χ0v) is 10.5. The molecule has 1 aromatic rings. The summed E-state index contributed by atoms with van der Waals surface area (Å²) in [6, 6.07) is 8.80. The minimum Gasteiger partial charge on any atom is -0.324 e. The summed E-state index contributed by atoms with van der Waals surface area (Å²) in [7, 11) is 0. The molecule has 0 fully saturated rings. The lowest BCUT2D eigenvalue weighted by Gasteiger charge is -2.22. The van der Waals surface area contributed by atoms with Gasteiger partial charge in [0.25, 0.3) is 0 Å². The second-order valence-electron chi connectivity index (χ2n) is 5.65. The van der Waals surface area contributed by atoms with Crippen LogP contribution in [0.2, 0.25) is 0 Å². The van der Waals surface area contributed by atoms with Gasteiger partial charge in [0.15, 0.2) is 0 Å². The second kappa shape index (κ2) is 4.36. The summed E-state index contributed by atoms with van der Waals surface area (Å²) in [5, 5.41) is 0. The van der Waals surface area contributed by atoms with Crippen molar-refractivity contribution in [2.24, 2.45) is 11.7 Å². The van der Waals surface area contributed by atoms with Gasteiger partial charge in [0.05, 0.1) is 0 Å². The van der Waals surface area contributed by atoms with Crippen LogP contribution >= 0.6 is 0 Å². The van der Waals surface area contributed by atoms with Crippen LogP contribution in [0.3, 0.4) is 0 Å². The summed E-state index contributed by atoms with van der Waals surface area (Å²) in [5.41, 5.74) is 8.96. The van der Waals surface area contributed by atoms with Crippen LogP contribution in [0, 0.1) is 5.92 Å². The first-order valence-electron chi connectivity index (χ1n) is 5.68. The molecule has 1 rings (SSSR count). The molecule has 1 aromatic carbocycles. The summed E-state index contributed by atoms with van der Waals surface area (Å²) in [5.74, 6) is 0.486. The quantitative estimate of drug-likeness (QED) is 0.783. The van der Waals surface area contributed by atoms with Gasteiger partial charge in [-0.3, -0.25) is 0 Å². The van der Waals surface area contributed by atoms with Crippen LogP contribution in [-0.2, 0) is 5.41 Å². The van der Waals surface area contributed by atoms with Gasteiger partial charge in [0.2, 0.25) is 0 Å². The predicted octanol–water partition coefficient (Wildman–Crippen LogP) is 3.64. The molecule has 0 aromatic heterocycles. The lowest BCUT2D eigenvalue weighted by molar-refractivity contribution is 0.511. The minimum atomic E-state index is 0.146. The average Bonchev–Trinajstić information content (AvgIpc) is 2.15. The van der Waals surface area contributed by atoms with Gasteiger partial charge in [0, 0.05) is 6.04 Å². The molecule has 0 saturated heterocycles. The van der Waals surface area contributed by atoms with Crippen molar-refractivity contribution in [3.8, 4) is 0 Å². The van der Waals surface area contributed by atoms with E-state index in [1.165, 1.54) is 11.1 Å². The molecule has 0 bridgehead atoms. The van der Waals surface area contributed by atoms with Crippen molar-refractivity contribution < 1.29 is 0 Å². The van der Waals surface area contributed by atoms with Crippen molar-refractivity contribution in [2.45, 2.75) is 46.1 Å². The Kier molecular flexibility index (Phi) is 3.56. The van der Waals surface area contributed by atoms with Gasteiger partial charge in [-0.25, -0.2) is 0 Å². The first kappa shape index (κ1) is 12.3. The molecule has 1 nitrogen and oxygen atoms in total. The third-order valence-electron chi connectivity index (χ3n) is 2.86. The molecule has 1 atom stereocenters. The van der Waals surface area contributed by atoms with Crippen molar-refractivity contribution in [1.29, 1.82) is 0 Å². The molecule has 0 heterocycles. The molecule has 0 radical (unpaired) electrons. The smallest absolute Gasteiger partial charge is 0.0318 e. The Morgan fingerprint density at radius 2 is 1.73 bits per heavy atom. The molecule has 0 amide bonds. The largest absolute Gasteiger partial charge is 0.324 e. The SMILES string of the molecule is CC(C)C(N)c1cccc(C(C)(C)C)c1. The van der Waals surface area contributed by atoms with E-state index in [1.807, 2.05) is 0 Å². The molecule has 84 valence electrons. The lowest BCUT2D eigenvalue weighted by Crippen LogP contribution is -2.18. The van der Waals surface area contributed by atoms with E-state index >= 15 is 0 Å². The monoisotopic (exact) mass is 205 g/mol. The fourth-order valence-corrected chi connectivity index (χ4v) is 1.60. The van der Waals surface area contributed by atoms with Crippen molar-refractivity contribution >= 4 is 0 Å². The van der Waals surface area contributed by atoms with E-state index in [1.54, 1.807) is 0 Å². The average molecular weight is 205 g/mol. The molecular weight excluding hydrogens is 182 g/mol. The van der Waals surface area contributed by atoms with Gasteiger partial charge in [-0.2, -0.15) is 0 Å². The Labute approximate surface area is 93.7 Å². The van der Waals surface area contributed by atoms with Crippen LogP contribution in [0.15, 0.2) is 24.3 Å². The number of hydrogen-bond donors (Lipinski definition) is 1. The molecule has 0 spiro atoms. The van der Waals surface area contributed by atoms with Crippen LogP contribution in [0.1, 0.15) is 51.8 Å². The molecule has 15 heavy (non-hydrogen) atoms. The Morgan fingerprint density at radius 1 is 1.13 bits per heavy atom. The van der Waals surface area contributed by atoms with Gasteiger partial charge in [-0.05, 0) is 22.5 Å². The zero-order chi connectivity index (χ0) is 11.6. The number of rotatable bonds is 2. The maximum absolute atomic E-state index is 6.15. The summed E-state index contributed by atoms with van der Waals surface area (Å²) >= 11 is 0. The van der Waals surface area contributed by atoms with E-state index in [9.17, 15) is 0 Å². The molecule has 1 heteroatoms. The van der Waals surface area contributed by atoms with E-state index in [-0.39, 0.29) is 11.5 Å². The molecule has 1 unspecified atom stereocenters. The maximum Gasteiger partial charge on any atom is 0.0318 e. The van der Waals surface area contributed by atoms with E-state index in [0.29, 0.717) is 5.92 Å². The Balaban J connectivity index is 3.03. The third-order valence-corrected chi connectivity index (χ3v) is 2.86. The molecule has 0 aliphatic carbocycles. The molecule has 0 aliphatic heterocycles. The fraction of sp³-hybridized carbons (Fsp3) is 0.571. The van der Waals surface area contributed by atoms with Crippen LogP contribution in [0.25, 0.3) is 0 Å². The molecule has 0 aliphatic rings. The van der Waals surface area contributed by atoms with Crippen LogP contribution < -0.4 is 5.73 Å². The van der Waals surface area contributed by atoms with Crippen molar-refractivity contribution in [3.63, 3.8) is 0 Å². The number of hydrogen-bond acceptors (Lipinski definition) is 1. The highest BCUT2D eigenvalue weighted by Gasteiger charge is 2.16. The van der Waals surface area contributed by atoms with Crippen molar-refractivity contribution in [2.75, 3.05) is 0 Å². The van der Waals surface area contributed by atoms with Gasteiger partial charge in [-0.1, -0.05) is 58.9 Å². The highest BCUT2D eigenvalue weighted by atomic mass is 14.6. The van der Waals surface area contributed by atoms with Gasteiger partial charge < -0.3 is 5.73 Å². The zero-order valence-electron chi connectivity index (χ0n) is 10.5. The fourth-order valence-electron chi connectivity index (χ4n) is 1.60. The summed E-state index contributed by atoms with van der Waals surface area (Å²) in [4.78, 5) is 0. The molecular formula is C14H23N. The predicted molar refractivity (Wildman–Crippen MR) is 66.9 cm³/mol. The highest BCUT2D eigenvalue weighted by Crippen LogP contribution is 2.26. The number of benzene rings is 1. The number of nitrogens with two attached hydrogens (primary N) is 1. The van der Waals surface area contributed by atoms with E-state index < -0.39 is 0 Å². The summed E-state index contributed by atoms with van der Waals surface area (Å²) in [6.07, 6.45) is 0. The van der Waals surface area contributed by atoms with Gasteiger partial charge >= 0.3 is 0 Å². The van der Waals surface area contributed by atoms with Crippen LogP contribution in [0.4, 0.5) is 0 Å². The maximum atomic E-state index is 6.15. The van der Waals surface area contributed by atoms with Crippen molar-refractivity contribution in [1.82, 2.24) is 0 Å². The third kappa shape index (κ3) is 3.07. The molecule has 0 saturated carbocycles. The summed E-state index contributed by atoms with van der Waals surface area (Å²) in [6.45, 7) is 11.0. The Hall–Kier alpha value is -0.820. The first-order chi connectivity index (χ1) is 6.82. The van der Waals surface area contributed by atoms with E-state index in [4.69, 9.17) is 5.73 Å². The van der Waals surface area contributed by atoms with E-state index in [0.717, 1.165) is 0 Å². The second-order valence-corrected chi connectivity index (χ2v) is 5.65. The molecule has 2 N–H and O–H groups in total. The van der Waals surface area contributed by atoms with Gasteiger partial charge in [-0.15, -0.1) is 0 Å². The Bertz CT molecular complexity index is 320.